The van der Waals surface area contributed by atoms with Crippen LogP contribution in [0.1, 0.15) is 0 Å². The third-order valence-corrected chi connectivity index (χ3v) is 4.64. The summed E-state index contributed by atoms with van der Waals surface area (Å²) in [5.41, 5.74) is 0.638. The van der Waals surface area contributed by atoms with Gasteiger partial charge in [0.1, 0.15) is 5.82 Å². The molecule has 2 heterocycles. The molecule has 9 heteroatoms. The standard InChI is InChI=1S/C14H12FN5OS2/c1-20-12(9-3-2-4-10(15)7-9)18-19-14(20)23-8-11(21)17-13-16-5-6-22-13/h2-7H,8H2,1H3,(H,16,17,21). The summed E-state index contributed by atoms with van der Waals surface area (Å²) in [6.45, 7) is 0. The SMILES string of the molecule is Cn1c(SCC(=O)Nc2nccs2)nnc1-c1cccc(F)c1. The fourth-order valence-electron chi connectivity index (χ4n) is 1.89. The van der Waals surface area contributed by atoms with Crippen molar-refractivity contribution in [3.63, 3.8) is 0 Å². The number of carbonyl (C=O) groups is 1. The molecule has 0 aliphatic carbocycles. The number of aromatic nitrogens is 4. The van der Waals surface area contributed by atoms with E-state index in [2.05, 4.69) is 20.5 Å². The normalized spacial score (nSPS) is 10.7. The van der Waals surface area contributed by atoms with E-state index in [1.165, 1.54) is 35.2 Å². The van der Waals surface area contributed by atoms with Gasteiger partial charge in [0.05, 0.1) is 5.75 Å². The zero-order valence-electron chi connectivity index (χ0n) is 12.1. The predicted molar refractivity (Wildman–Crippen MR) is 87.9 cm³/mol. The highest BCUT2D eigenvalue weighted by molar-refractivity contribution is 7.99. The van der Waals surface area contributed by atoms with Gasteiger partial charge < -0.3 is 9.88 Å². The lowest BCUT2D eigenvalue weighted by Crippen LogP contribution is -2.14. The molecule has 1 aromatic carbocycles. The van der Waals surface area contributed by atoms with Gasteiger partial charge in [0.15, 0.2) is 16.1 Å². The minimum Gasteiger partial charge on any atom is -0.305 e. The van der Waals surface area contributed by atoms with E-state index in [1.54, 1.807) is 35.3 Å². The summed E-state index contributed by atoms with van der Waals surface area (Å²) in [6, 6.07) is 6.15. The Bertz CT molecular complexity index is 818. The predicted octanol–water partition coefficient (Wildman–Crippen LogP) is 2.81. The van der Waals surface area contributed by atoms with Crippen molar-refractivity contribution in [2.75, 3.05) is 11.1 Å². The van der Waals surface area contributed by atoms with E-state index >= 15 is 0 Å². The summed E-state index contributed by atoms with van der Waals surface area (Å²) >= 11 is 2.61. The van der Waals surface area contributed by atoms with Crippen LogP contribution < -0.4 is 5.32 Å². The molecule has 0 aliphatic heterocycles. The summed E-state index contributed by atoms with van der Waals surface area (Å²) in [4.78, 5) is 15.8. The number of hydrogen-bond donors (Lipinski definition) is 1. The quantitative estimate of drug-likeness (QED) is 0.717. The summed E-state index contributed by atoms with van der Waals surface area (Å²) in [7, 11) is 1.78. The Morgan fingerprint density at radius 3 is 3.04 bits per heavy atom. The van der Waals surface area contributed by atoms with Gasteiger partial charge >= 0.3 is 0 Å². The second kappa shape index (κ2) is 6.88. The number of carbonyl (C=O) groups excluding carboxylic acids is 1. The molecule has 0 radical (unpaired) electrons. The molecule has 0 spiro atoms. The van der Waals surface area contributed by atoms with Crippen LogP contribution in [0.2, 0.25) is 0 Å². The number of hydrogen-bond acceptors (Lipinski definition) is 6. The fraction of sp³-hybridized carbons (Fsp3) is 0.143. The van der Waals surface area contributed by atoms with Gasteiger partial charge in [-0.05, 0) is 12.1 Å². The molecule has 0 aliphatic rings. The van der Waals surface area contributed by atoms with Gasteiger partial charge in [-0.25, -0.2) is 9.37 Å². The molecule has 1 amide bonds. The molecule has 0 atom stereocenters. The van der Waals surface area contributed by atoms with Crippen molar-refractivity contribution in [1.29, 1.82) is 0 Å². The van der Waals surface area contributed by atoms with Gasteiger partial charge in [-0.3, -0.25) is 4.79 Å². The van der Waals surface area contributed by atoms with E-state index in [-0.39, 0.29) is 17.5 Å². The monoisotopic (exact) mass is 349 g/mol. The molecule has 0 unspecified atom stereocenters. The molecule has 3 aromatic rings. The average molecular weight is 349 g/mol. The first kappa shape index (κ1) is 15.6. The number of benzene rings is 1. The van der Waals surface area contributed by atoms with Crippen LogP contribution in [-0.2, 0) is 11.8 Å². The van der Waals surface area contributed by atoms with Crippen molar-refractivity contribution < 1.29 is 9.18 Å². The third kappa shape index (κ3) is 3.74. The van der Waals surface area contributed by atoms with Gasteiger partial charge in [0.25, 0.3) is 0 Å². The molecule has 1 N–H and O–H groups in total. The summed E-state index contributed by atoms with van der Waals surface area (Å²) in [6.07, 6.45) is 1.63. The molecular weight excluding hydrogens is 337 g/mol. The first-order valence-electron chi connectivity index (χ1n) is 6.61. The van der Waals surface area contributed by atoms with Crippen LogP contribution in [-0.4, -0.2) is 31.4 Å². The Kier molecular flexibility index (Phi) is 4.68. The van der Waals surface area contributed by atoms with Gasteiger partial charge in [-0.15, -0.1) is 21.5 Å². The Hall–Kier alpha value is -2.26. The molecule has 118 valence electrons. The minimum atomic E-state index is -0.331. The van der Waals surface area contributed by atoms with Gasteiger partial charge in [-0.1, -0.05) is 23.9 Å². The molecule has 23 heavy (non-hydrogen) atoms. The molecule has 0 saturated carbocycles. The topological polar surface area (TPSA) is 72.7 Å². The van der Waals surface area contributed by atoms with E-state index in [1.807, 2.05) is 0 Å². The summed E-state index contributed by atoms with van der Waals surface area (Å²) in [5.74, 6) is 0.240. The van der Waals surface area contributed by atoms with Crippen molar-refractivity contribution in [3.8, 4) is 11.4 Å². The highest BCUT2D eigenvalue weighted by atomic mass is 32.2. The maximum absolute atomic E-state index is 13.3. The molecule has 6 nitrogen and oxygen atoms in total. The van der Waals surface area contributed by atoms with E-state index < -0.39 is 0 Å². The summed E-state index contributed by atoms with van der Waals surface area (Å²) < 4.78 is 15.0. The first-order valence-corrected chi connectivity index (χ1v) is 8.47. The van der Waals surface area contributed by atoms with Crippen LogP contribution in [0.3, 0.4) is 0 Å². The van der Waals surface area contributed by atoms with Crippen LogP contribution in [0.5, 0.6) is 0 Å². The largest absolute Gasteiger partial charge is 0.305 e. The molecule has 3 rings (SSSR count). The minimum absolute atomic E-state index is 0.166. The lowest BCUT2D eigenvalue weighted by molar-refractivity contribution is -0.113. The number of halogens is 1. The van der Waals surface area contributed by atoms with Crippen LogP contribution in [0.15, 0.2) is 41.0 Å². The lowest BCUT2D eigenvalue weighted by atomic mass is 10.2. The number of amides is 1. The van der Waals surface area contributed by atoms with Gasteiger partial charge in [0, 0.05) is 24.2 Å². The maximum Gasteiger partial charge on any atom is 0.236 e. The second-order valence-corrected chi connectivity index (χ2v) is 6.39. The van der Waals surface area contributed by atoms with Crippen LogP contribution in [0, 0.1) is 5.82 Å². The average Bonchev–Trinajstić information content (AvgIpc) is 3.15. The van der Waals surface area contributed by atoms with Crippen molar-refractivity contribution in [3.05, 3.63) is 41.7 Å². The number of anilines is 1. The zero-order chi connectivity index (χ0) is 16.2. The van der Waals surface area contributed by atoms with Crippen molar-refractivity contribution in [1.82, 2.24) is 19.7 Å². The van der Waals surface area contributed by atoms with Crippen LogP contribution in [0.25, 0.3) is 11.4 Å². The number of rotatable bonds is 5. The van der Waals surface area contributed by atoms with Crippen LogP contribution >= 0.6 is 23.1 Å². The molecule has 0 saturated heterocycles. The Balaban J connectivity index is 1.66. The van der Waals surface area contributed by atoms with Crippen molar-refractivity contribution in [2.45, 2.75) is 5.16 Å². The molecule has 0 bridgehead atoms. The molecule has 2 aromatic heterocycles. The number of nitrogens with zero attached hydrogens (tertiary/aromatic N) is 4. The molecular formula is C14H12FN5OS2. The van der Waals surface area contributed by atoms with E-state index in [0.717, 1.165) is 0 Å². The van der Waals surface area contributed by atoms with Crippen molar-refractivity contribution in [2.24, 2.45) is 7.05 Å². The lowest BCUT2D eigenvalue weighted by Gasteiger charge is -2.04. The van der Waals surface area contributed by atoms with E-state index in [9.17, 15) is 9.18 Å². The van der Waals surface area contributed by atoms with Crippen molar-refractivity contribution >= 4 is 34.1 Å². The van der Waals surface area contributed by atoms with Crippen LogP contribution in [0.4, 0.5) is 9.52 Å². The number of thioether (sulfide) groups is 1. The Morgan fingerprint density at radius 2 is 2.30 bits per heavy atom. The maximum atomic E-state index is 13.3. The molecule has 0 fully saturated rings. The number of thiazole rings is 1. The third-order valence-electron chi connectivity index (χ3n) is 2.93. The highest BCUT2D eigenvalue weighted by Gasteiger charge is 2.13. The Labute approximate surface area is 139 Å². The summed E-state index contributed by atoms with van der Waals surface area (Å²) in [5, 5.41) is 13.7. The van der Waals surface area contributed by atoms with Gasteiger partial charge in [-0.2, -0.15) is 0 Å². The first-order chi connectivity index (χ1) is 11.1. The smallest absolute Gasteiger partial charge is 0.236 e. The highest BCUT2D eigenvalue weighted by Crippen LogP contribution is 2.23. The van der Waals surface area contributed by atoms with E-state index in [4.69, 9.17) is 0 Å². The Morgan fingerprint density at radius 1 is 1.43 bits per heavy atom. The fourth-order valence-corrected chi connectivity index (χ4v) is 3.15. The second-order valence-electron chi connectivity index (χ2n) is 4.55. The number of nitrogens with one attached hydrogen (secondary N) is 1. The van der Waals surface area contributed by atoms with E-state index in [0.29, 0.717) is 21.7 Å². The zero-order valence-corrected chi connectivity index (χ0v) is 13.7. The van der Waals surface area contributed by atoms with Gasteiger partial charge in [0.2, 0.25) is 5.91 Å².